The minimum atomic E-state index is -1.06. The Kier molecular flexibility index (Phi) is 10.2. The van der Waals surface area contributed by atoms with Crippen LogP contribution in [0.5, 0.6) is 5.75 Å². The highest BCUT2D eigenvalue weighted by molar-refractivity contribution is 5.96. The Morgan fingerprint density at radius 3 is 2.19 bits per heavy atom. The number of amides is 1. The van der Waals surface area contributed by atoms with Gasteiger partial charge in [0.2, 0.25) is 0 Å². The molecule has 5 aliphatic rings. The number of fused-ring (bicyclic) bond motifs is 1. The van der Waals surface area contributed by atoms with Gasteiger partial charge in [-0.3, -0.25) is 4.68 Å². The van der Waals surface area contributed by atoms with Gasteiger partial charge in [-0.1, -0.05) is 13.8 Å². The normalized spacial score (nSPS) is 26.3. The first-order valence-corrected chi connectivity index (χ1v) is 20.6. The zero-order valence-corrected chi connectivity index (χ0v) is 36.0. The molecule has 0 saturated heterocycles. The largest absolute Gasteiger partial charge is 0.508 e. The molecule has 0 radical (unpaired) electrons. The first-order chi connectivity index (χ1) is 26.9. The SMILES string of the molecule is Cc1c(-c2ccc(N3CCc4c(O)ccc(C(=O)O)c4C3)nc2C(=O)OC(C)(C)C)cnn1CC12CC3(C)CC(C)(C1)CC(OCCN(C)C(=O)OC(C)(C)C)(C3)C2. The van der Waals surface area contributed by atoms with Crippen molar-refractivity contribution in [1.82, 2.24) is 19.7 Å². The molecule has 3 aromatic rings. The third-order valence-corrected chi connectivity index (χ3v) is 12.5. The van der Waals surface area contributed by atoms with Crippen molar-refractivity contribution >= 4 is 23.8 Å². The van der Waals surface area contributed by atoms with Gasteiger partial charge in [0, 0.05) is 55.6 Å². The molecule has 314 valence electrons. The standard InChI is InChI=1S/C45H61N5O8/c1-28-32(30-12-14-35(47-36(30)38(54)57-40(2,3)4)49-16-15-29-33(20-49)31(37(52)53)11-13-34(29)51)19-46-50(28)27-44-22-42(8)21-43(9,23-44)25-45(24-42,26-44)56-18-17-48(10)39(55)58-41(5,6)7/h11-14,19,51H,15-18,20-27H2,1-10H3,(H,52,53). The molecular weight excluding hydrogens is 739 g/mol. The smallest absolute Gasteiger partial charge is 0.410 e. The van der Waals surface area contributed by atoms with Crippen molar-refractivity contribution in [2.75, 3.05) is 31.6 Å². The van der Waals surface area contributed by atoms with Gasteiger partial charge < -0.3 is 34.2 Å². The lowest BCUT2D eigenvalue weighted by Crippen LogP contribution is -2.64. The van der Waals surface area contributed by atoms with Crippen LogP contribution in [0.15, 0.2) is 30.5 Å². The molecule has 4 fully saturated rings. The van der Waals surface area contributed by atoms with Crippen molar-refractivity contribution in [2.45, 2.75) is 137 Å². The first-order valence-electron chi connectivity index (χ1n) is 20.6. The fourth-order valence-corrected chi connectivity index (χ4v) is 11.5. The maximum atomic E-state index is 13.9. The molecule has 1 amide bonds. The van der Waals surface area contributed by atoms with Crippen LogP contribution in [-0.2, 0) is 33.7 Å². The number of carboxylic acids is 1. The van der Waals surface area contributed by atoms with Crippen LogP contribution < -0.4 is 4.90 Å². The molecule has 4 aliphatic carbocycles. The van der Waals surface area contributed by atoms with Gasteiger partial charge in [-0.25, -0.2) is 19.4 Å². The minimum Gasteiger partial charge on any atom is -0.508 e. The Morgan fingerprint density at radius 2 is 1.55 bits per heavy atom. The van der Waals surface area contributed by atoms with Crippen molar-refractivity contribution in [3.8, 4) is 16.9 Å². The summed E-state index contributed by atoms with van der Waals surface area (Å²) >= 11 is 0. The van der Waals surface area contributed by atoms with Gasteiger partial charge in [0.15, 0.2) is 5.69 Å². The van der Waals surface area contributed by atoms with Gasteiger partial charge in [0.25, 0.3) is 0 Å². The monoisotopic (exact) mass is 799 g/mol. The molecule has 2 atom stereocenters. The van der Waals surface area contributed by atoms with Crippen LogP contribution in [0, 0.1) is 23.2 Å². The number of carbonyl (C=O) groups is 3. The lowest BCUT2D eigenvalue weighted by Gasteiger charge is -2.69. The molecule has 1 aliphatic heterocycles. The van der Waals surface area contributed by atoms with Crippen molar-refractivity contribution in [3.05, 3.63) is 58.5 Å². The average Bonchev–Trinajstić information content (AvgIpc) is 3.42. The summed E-state index contributed by atoms with van der Waals surface area (Å²) in [6.07, 6.45) is 8.11. The number of benzene rings is 1. The number of anilines is 1. The fraction of sp³-hybridized carbons (Fsp3) is 0.622. The Morgan fingerprint density at radius 1 is 0.879 bits per heavy atom. The van der Waals surface area contributed by atoms with Crippen molar-refractivity contribution in [2.24, 2.45) is 16.2 Å². The molecule has 13 heteroatoms. The molecular formula is C45H61N5O8. The molecule has 8 rings (SSSR count). The number of nitrogens with zero attached hydrogens (tertiary/aromatic N) is 5. The van der Waals surface area contributed by atoms with Crippen LogP contribution in [0.2, 0.25) is 0 Å². The summed E-state index contributed by atoms with van der Waals surface area (Å²) in [5.74, 6) is -1.04. The second kappa shape index (κ2) is 14.3. The van der Waals surface area contributed by atoms with E-state index >= 15 is 0 Å². The summed E-state index contributed by atoms with van der Waals surface area (Å²) in [7, 11) is 1.76. The highest BCUT2D eigenvalue weighted by Crippen LogP contribution is 2.72. The van der Waals surface area contributed by atoms with Crippen LogP contribution in [0.25, 0.3) is 11.1 Å². The highest BCUT2D eigenvalue weighted by Gasteiger charge is 2.66. The maximum Gasteiger partial charge on any atom is 0.410 e. The number of aromatic hydroxyl groups is 1. The fourth-order valence-electron chi connectivity index (χ4n) is 11.5. The van der Waals surface area contributed by atoms with E-state index < -0.39 is 23.1 Å². The second-order valence-electron chi connectivity index (χ2n) is 20.6. The zero-order valence-electron chi connectivity index (χ0n) is 36.0. The number of pyridine rings is 1. The van der Waals surface area contributed by atoms with E-state index in [4.69, 9.17) is 24.3 Å². The van der Waals surface area contributed by atoms with Crippen LogP contribution in [0.1, 0.15) is 132 Å². The molecule has 13 nitrogen and oxygen atoms in total. The van der Waals surface area contributed by atoms with E-state index in [-0.39, 0.29) is 51.5 Å². The first kappa shape index (κ1) is 41.5. The number of likely N-dealkylation sites (N-methyl/N-ethyl adjacent to an activating group) is 1. The third kappa shape index (κ3) is 8.28. The summed E-state index contributed by atoms with van der Waals surface area (Å²) in [5.41, 5.74) is 2.34. The molecule has 1 aromatic carbocycles. The van der Waals surface area contributed by atoms with Gasteiger partial charge >= 0.3 is 18.0 Å². The number of carbonyl (C=O) groups excluding carboxylic acids is 2. The number of carboxylic acid groups (broad SMARTS) is 1. The molecule has 0 spiro atoms. The lowest BCUT2D eigenvalue weighted by molar-refractivity contribution is -0.248. The Labute approximate surface area is 342 Å². The van der Waals surface area contributed by atoms with E-state index in [0.29, 0.717) is 55.2 Å². The lowest BCUT2D eigenvalue weighted by atomic mass is 9.39. The van der Waals surface area contributed by atoms with Gasteiger partial charge in [0.05, 0.1) is 24.0 Å². The number of hydrogen-bond donors (Lipinski definition) is 2. The van der Waals surface area contributed by atoms with Gasteiger partial charge in [0.1, 0.15) is 22.8 Å². The maximum absolute atomic E-state index is 13.9. The van der Waals surface area contributed by atoms with E-state index in [9.17, 15) is 24.6 Å². The van der Waals surface area contributed by atoms with E-state index in [1.165, 1.54) is 12.1 Å². The molecule has 3 heterocycles. The number of aromatic carboxylic acids is 1. The molecule has 4 bridgehead atoms. The Balaban J connectivity index is 1.16. The molecule has 2 aromatic heterocycles. The summed E-state index contributed by atoms with van der Waals surface area (Å²) in [4.78, 5) is 47.2. The predicted octanol–water partition coefficient (Wildman–Crippen LogP) is 8.18. The quantitative estimate of drug-likeness (QED) is 0.191. The van der Waals surface area contributed by atoms with E-state index in [2.05, 4.69) is 18.5 Å². The summed E-state index contributed by atoms with van der Waals surface area (Å²) in [5, 5.41) is 25.4. The average molecular weight is 800 g/mol. The van der Waals surface area contributed by atoms with Crippen LogP contribution in [0.3, 0.4) is 0 Å². The van der Waals surface area contributed by atoms with E-state index in [1.807, 2.05) is 71.7 Å². The number of phenolic OH excluding ortho intramolecular Hbond substituents is 1. The number of ether oxygens (including phenoxy) is 3. The highest BCUT2D eigenvalue weighted by atomic mass is 16.6. The summed E-state index contributed by atoms with van der Waals surface area (Å²) < 4.78 is 20.5. The summed E-state index contributed by atoms with van der Waals surface area (Å²) in [6.45, 7) is 20.2. The van der Waals surface area contributed by atoms with Gasteiger partial charge in [-0.15, -0.1) is 0 Å². The van der Waals surface area contributed by atoms with Gasteiger partial charge in [-0.05, 0) is 139 Å². The zero-order chi connectivity index (χ0) is 42.2. The number of esters is 1. The number of phenols is 1. The van der Waals surface area contributed by atoms with Crippen LogP contribution in [-0.4, -0.2) is 91.5 Å². The Hall–Kier alpha value is -4.65. The Bertz CT molecular complexity index is 2110. The molecule has 2 unspecified atom stereocenters. The van der Waals surface area contributed by atoms with Crippen molar-refractivity contribution in [3.63, 3.8) is 0 Å². The second-order valence-corrected chi connectivity index (χ2v) is 20.6. The topological polar surface area (TPSA) is 157 Å². The number of hydrogen-bond acceptors (Lipinski definition) is 10. The third-order valence-electron chi connectivity index (χ3n) is 12.5. The molecule has 4 saturated carbocycles. The van der Waals surface area contributed by atoms with Crippen LogP contribution >= 0.6 is 0 Å². The number of aromatic nitrogens is 3. The van der Waals surface area contributed by atoms with Gasteiger partial charge in [-0.2, -0.15) is 5.10 Å². The van der Waals surface area contributed by atoms with E-state index in [0.717, 1.165) is 49.8 Å². The predicted molar refractivity (Wildman–Crippen MR) is 219 cm³/mol. The van der Waals surface area contributed by atoms with Crippen LogP contribution in [0.4, 0.5) is 10.6 Å². The molecule has 2 N–H and O–H groups in total. The van der Waals surface area contributed by atoms with Crippen molar-refractivity contribution < 1.29 is 38.8 Å². The summed E-state index contributed by atoms with van der Waals surface area (Å²) in [6, 6.07) is 6.60. The molecule has 58 heavy (non-hydrogen) atoms. The van der Waals surface area contributed by atoms with E-state index in [1.54, 1.807) is 11.9 Å². The van der Waals surface area contributed by atoms with Crippen molar-refractivity contribution in [1.29, 1.82) is 0 Å². The minimum absolute atomic E-state index is 0.0484. The number of rotatable bonds is 10.